The molecule has 0 saturated heterocycles. The summed E-state index contributed by atoms with van der Waals surface area (Å²) in [7, 11) is 2.14. The Balaban J connectivity index is 3.47. The SMILES string of the molecule is CC(C)CC(C)OCC(O)CNCCCN(C)C(C)C. The second kappa shape index (κ2) is 11.5. The Kier molecular flexibility index (Phi) is 11.4. The highest BCUT2D eigenvalue weighted by molar-refractivity contribution is 4.63. The van der Waals surface area contributed by atoms with E-state index in [2.05, 4.69) is 51.9 Å². The van der Waals surface area contributed by atoms with Crippen LogP contribution in [0.4, 0.5) is 0 Å². The van der Waals surface area contributed by atoms with Crippen LogP contribution in [0.5, 0.6) is 0 Å². The third kappa shape index (κ3) is 11.6. The highest BCUT2D eigenvalue weighted by Gasteiger charge is 2.09. The van der Waals surface area contributed by atoms with Crippen LogP contribution in [0.2, 0.25) is 0 Å². The van der Waals surface area contributed by atoms with E-state index in [-0.39, 0.29) is 6.10 Å². The molecule has 0 spiro atoms. The van der Waals surface area contributed by atoms with E-state index in [0.29, 0.717) is 25.1 Å². The zero-order valence-electron chi connectivity index (χ0n) is 14.4. The summed E-state index contributed by atoms with van der Waals surface area (Å²) in [6.45, 7) is 13.9. The zero-order chi connectivity index (χ0) is 15.5. The van der Waals surface area contributed by atoms with Gasteiger partial charge in [0.15, 0.2) is 0 Å². The molecule has 0 aromatic carbocycles. The average Bonchev–Trinajstić information content (AvgIpc) is 2.34. The number of aliphatic hydroxyl groups is 1. The molecular formula is C16H36N2O2. The fourth-order valence-electron chi connectivity index (χ4n) is 2.05. The molecule has 2 atom stereocenters. The first-order chi connectivity index (χ1) is 9.32. The Morgan fingerprint density at radius 2 is 1.80 bits per heavy atom. The summed E-state index contributed by atoms with van der Waals surface area (Å²) in [5.74, 6) is 0.637. The minimum absolute atomic E-state index is 0.226. The van der Waals surface area contributed by atoms with E-state index in [0.717, 1.165) is 25.9 Å². The molecule has 0 aliphatic rings. The average molecular weight is 288 g/mol. The lowest BCUT2D eigenvalue weighted by atomic mass is 10.1. The standard InChI is InChI=1S/C16H36N2O2/c1-13(2)10-15(5)20-12-16(19)11-17-8-7-9-18(6)14(3)4/h13-17,19H,7-12H2,1-6H3. The Morgan fingerprint density at radius 1 is 1.15 bits per heavy atom. The van der Waals surface area contributed by atoms with Crippen LogP contribution in [0.25, 0.3) is 0 Å². The number of nitrogens with one attached hydrogen (secondary N) is 1. The molecule has 0 fully saturated rings. The first-order valence-electron chi connectivity index (χ1n) is 8.03. The smallest absolute Gasteiger partial charge is 0.0897 e. The van der Waals surface area contributed by atoms with Crippen molar-refractivity contribution < 1.29 is 9.84 Å². The van der Waals surface area contributed by atoms with Crippen LogP contribution in [0.15, 0.2) is 0 Å². The lowest BCUT2D eigenvalue weighted by Crippen LogP contribution is -2.34. The molecule has 0 aliphatic heterocycles. The summed E-state index contributed by atoms with van der Waals surface area (Å²) in [5, 5.41) is 13.1. The molecule has 20 heavy (non-hydrogen) atoms. The molecule has 0 saturated carbocycles. The number of hydrogen-bond donors (Lipinski definition) is 2. The summed E-state index contributed by atoms with van der Waals surface area (Å²) >= 11 is 0. The summed E-state index contributed by atoms with van der Waals surface area (Å²) in [5.41, 5.74) is 0. The minimum Gasteiger partial charge on any atom is -0.389 e. The third-order valence-electron chi connectivity index (χ3n) is 3.50. The summed E-state index contributed by atoms with van der Waals surface area (Å²) < 4.78 is 5.64. The molecule has 4 nitrogen and oxygen atoms in total. The predicted octanol–water partition coefficient (Wildman–Crippen LogP) is 2.12. The molecule has 0 aromatic heterocycles. The monoisotopic (exact) mass is 288 g/mol. The van der Waals surface area contributed by atoms with Gasteiger partial charge in [-0.15, -0.1) is 0 Å². The molecule has 0 amide bonds. The van der Waals surface area contributed by atoms with Gasteiger partial charge in [-0.3, -0.25) is 0 Å². The third-order valence-corrected chi connectivity index (χ3v) is 3.50. The van der Waals surface area contributed by atoms with Gasteiger partial charge >= 0.3 is 0 Å². The van der Waals surface area contributed by atoms with Gasteiger partial charge in [0, 0.05) is 12.6 Å². The van der Waals surface area contributed by atoms with E-state index in [4.69, 9.17) is 4.74 Å². The molecule has 122 valence electrons. The molecular weight excluding hydrogens is 252 g/mol. The van der Waals surface area contributed by atoms with Crippen LogP contribution in [0.1, 0.15) is 47.5 Å². The first-order valence-corrected chi connectivity index (χ1v) is 8.03. The fourth-order valence-corrected chi connectivity index (χ4v) is 2.05. The normalized spacial score (nSPS) is 15.3. The van der Waals surface area contributed by atoms with Gasteiger partial charge < -0.3 is 20.1 Å². The van der Waals surface area contributed by atoms with Gasteiger partial charge in [-0.2, -0.15) is 0 Å². The summed E-state index contributed by atoms with van der Waals surface area (Å²) in [6.07, 6.45) is 1.96. The van der Waals surface area contributed by atoms with Crippen LogP contribution in [-0.2, 0) is 4.74 Å². The number of nitrogens with zero attached hydrogens (tertiary/aromatic N) is 1. The van der Waals surface area contributed by atoms with Crippen molar-refractivity contribution in [3.05, 3.63) is 0 Å². The quantitative estimate of drug-likeness (QED) is 0.540. The second-order valence-electron chi connectivity index (χ2n) is 6.56. The molecule has 0 aliphatic carbocycles. The number of rotatable bonds is 12. The van der Waals surface area contributed by atoms with Crippen LogP contribution in [-0.4, -0.2) is 61.5 Å². The van der Waals surface area contributed by atoms with Gasteiger partial charge in [-0.1, -0.05) is 13.8 Å². The van der Waals surface area contributed by atoms with Crippen LogP contribution in [0.3, 0.4) is 0 Å². The van der Waals surface area contributed by atoms with Crippen molar-refractivity contribution in [3.8, 4) is 0 Å². The molecule has 4 heteroatoms. The molecule has 0 heterocycles. The predicted molar refractivity (Wildman–Crippen MR) is 86.1 cm³/mol. The largest absolute Gasteiger partial charge is 0.389 e. The van der Waals surface area contributed by atoms with Crippen molar-refractivity contribution in [2.75, 3.05) is 33.3 Å². The molecule has 0 aromatic rings. The van der Waals surface area contributed by atoms with Gasteiger partial charge in [0.05, 0.1) is 18.8 Å². The van der Waals surface area contributed by atoms with Crippen molar-refractivity contribution in [2.45, 2.75) is 65.7 Å². The van der Waals surface area contributed by atoms with Crippen molar-refractivity contribution in [3.63, 3.8) is 0 Å². The Morgan fingerprint density at radius 3 is 2.35 bits per heavy atom. The van der Waals surface area contributed by atoms with Gasteiger partial charge in [0.25, 0.3) is 0 Å². The van der Waals surface area contributed by atoms with E-state index in [1.165, 1.54) is 0 Å². The van der Waals surface area contributed by atoms with Crippen molar-refractivity contribution in [1.29, 1.82) is 0 Å². The molecule has 0 bridgehead atoms. The lowest BCUT2D eigenvalue weighted by Gasteiger charge is -2.21. The number of hydrogen-bond acceptors (Lipinski definition) is 4. The van der Waals surface area contributed by atoms with E-state index in [1.807, 2.05) is 0 Å². The minimum atomic E-state index is -0.410. The van der Waals surface area contributed by atoms with Gasteiger partial charge in [-0.25, -0.2) is 0 Å². The highest BCUT2D eigenvalue weighted by Crippen LogP contribution is 2.07. The van der Waals surface area contributed by atoms with Crippen LogP contribution in [0, 0.1) is 5.92 Å². The topological polar surface area (TPSA) is 44.7 Å². The second-order valence-corrected chi connectivity index (χ2v) is 6.56. The summed E-state index contributed by atoms with van der Waals surface area (Å²) in [6, 6.07) is 0.594. The van der Waals surface area contributed by atoms with E-state index < -0.39 is 6.10 Å². The molecule has 2 N–H and O–H groups in total. The highest BCUT2D eigenvalue weighted by atomic mass is 16.5. The van der Waals surface area contributed by atoms with Crippen molar-refractivity contribution >= 4 is 0 Å². The van der Waals surface area contributed by atoms with Crippen LogP contribution >= 0.6 is 0 Å². The Bertz CT molecular complexity index is 223. The van der Waals surface area contributed by atoms with E-state index >= 15 is 0 Å². The van der Waals surface area contributed by atoms with Gasteiger partial charge in [-0.05, 0) is 59.7 Å². The molecule has 0 radical (unpaired) electrons. The van der Waals surface area contributed by atoms with E-state index in [1.54, 1.807) is 0 Å². The zero-order valence-corrected chi connectivity index (χ0v) is 14.4. The summed E-state index contributed by atoms with van der Waals surface area (Å²) in [4.78, 5) is 2.33. The van der Waals surface area contributed by atoms with Gasteiger partial charge in [0.2, 0.25) is 0 Å². The fraction of sp³-hybridized carbons (Fsp3) is 1.00. The maximum absolute atomic E-state index is 9.83. The van der Waals surface area contributed by atoms with Crippen molar-refractivity contribution in [1.82, 2.24) is 10.2 Å². The van der Waals surface area contributed by atoms with Gasteiger partial charge in [0.1, 0.15) is 0 Å². The lowest BCUT2D eigenvalue weighted by molar-refractivity contribution is -0.00846. The maximum atomic E-state index is 9.83. The molecule has 0 rings (SSSR count). The maximum Gasteiger partial charge on any atom is 0.0897 e. The van der Waals surface area contributed by atoms with Crippen molar-refractivity contribution in [2.24, 2.45) is 5.92 Å². The van der Waals surface area contributed by atoms with E-state index in [9.17, 15) is 5.11 Å². The number of ether oxygens (including phenoxy) is 1. The first kappa shape index (κ1) is 19.8. The Labute approximate surface area is 125 Å². The van der Waals surface area contributed by atoms with Crippen LogP contribution < -0.4 is 5.32 Å². The Hall–Kier alpha value is -0.160. The number of aliphatic hydroxyl groups excluding tert-OH is 1. The molecule has 2 unspecified atom stereocenters.